The highest BCUT2D eigenvalue weighted by Crippen LogP contribution is 2.13. The van der Waals surface area contributed by atoms with E-state index in [1.807, 2.05) is 0 Å². The smallest absolute Gasteiger partial charge is 0.238 e. The second-order valence-electron chi connectivity index (χ2n) is 5.85. The number of carbonyl (C=O) groups is 2. The van der Waals surface area contributed by atoms with E-state index in [0.29, 0.717) is 10.7 Å². The van der Waals surface area contributed by atoms with Crippen LogP contribution in [-0.2, 0) is 9.59 Å². The Bertz CT molecular complexity index is 608. The van der Waals surface area contributed by atoms with Gasteiger partial charge in [0.2, 0.25) is 11.8 Å². The fourth-order valence-corrected chi connectivity index (χ4v) is 1.88. The Morgan fingerprint density at radius 2 is 1.78 bits per heavy atom. The van der Waals surface area contributed by atoms with Crippen molar-refractivity contribution in [3.8, 4) is 6.07 Å². The Morgan fingerprint density at radius 1 is 1.22 bits per heavy atom. The Hall–Kier alpha value is -2.10. The first-order valence-electron chi connectivity index (χ1n) is 7.07. The van der Waals surface area contributed by atoms with Crippen LogP contribution in [0, 0.1) is 11.3 Å². The maximum Gasteiger partial charge on any atom is 0.238 e. The highest BCUT2D eigenvalue weighted by atomic mass is 35.5. The molecule has 0 saturated carbocycles. The first-order valence-corrected chi connectivity index (χ1v) is 7.45. The van der Waals surface area contributed by atoms with Crippen molar-refractivity contribution in [2.75, 3.05) is 32.5 Å². The third-order valence-corrected chi connectivity index (χ3v) is 3.68. The zero-order valence-corrected chi connectivity index (χ0v) is 14.5. The summed E-state index contributed by atoms with van der Waals surface area (Å²) in [5.74, 6) is -0.455. The van der Waals surface area contributed by atoms with Crippen LogP contribution in [0.1, 0.15) is 13.8 Å². The SMILES string of the molecule is CN(CC(=O)Nc1ccc(Cl)cc1)CC(=O)N(C)C(C)(C)C#N. The summed E-state index contributed by atoms with van der Waals surface area (Å²) in [6.07, 6.45) is 0. The van der Waals surface area contributed by atoms with Crippen LogP contribution in [0.5, 0.6) is 0 Å². The first kappa shape index (κ1) is 18.9. The van der Waals surface area contributed by atoms with Crippen molar-refractivity contribution in [3.63, 3.8) is 0 Å². The van der Waals surface area contributed by atoms with E-state index in [1.165, 1.54) is 4.90 Å². The third-order valence-electron chi connectivity index (χ3n) is 3.43. The summed E-state index contributed by atoms with van der Waals surface area (Å²) in [7, 11) is 3.25. The molecule has 0 spiro atoms. The standard InChI is InChI=1S/C16H21ClN4O2/c1-16(2,11-18)21(4)15(23)10-20(3)9-14(22)19-13-7-5-12(17)6-8-13/h5-8H,9-10H2,1-4H3,(H,19,22). The van der Waals surface area contributed by atoms with Gasteiger partial charge in [0.05, 0.1) is 19.2 Å². The molecule has 1 aromatic rings. The molecule has 0 saturated heterocycles. The van der Waals surface area contributed by atoms with Crippen molar-refractivity contribution < 1.29 is 9.59 Å². The van der Waals surface area contributed by atoms with Gasteiger partial charge in [0, 0.05) is 17.8 Å². The zero-order chi connectivity index (χ0) is 17.6. The summed E-state index contributed by atoms with van der Waals surface area (Å²) in [6.45, 7) is 3.45. The van der Waals surface area contributed by atoms with Crippen LogP contribution in [0.15, 0.2) is 24.3 Å². The van der Waals surface area contributed by atoms with Gasteiger partial charge in [-0.2, -0.15) is 5.26 Å². The van der Waals surface area contributed by atoms with E-state index in [0.717, 1.165) is 0 Å². The van der Waals surface area contributed by atoms with Crippen LogP contribution in [0.4, 0.5) is 5.69 Å². The molecule has 0 radical (unpaired) electrons. The Kier molecular flexibility index (Phi) is 6.55. The van der Waals surface area contributed by atoms with Gasteiger partial charge in [-0.1, -0.05) is 11.6 Å². The summed E-state index contributed by atoms with van der Waals surface area (Å²) in [5, 5.41) is 12.4. The van der Waals surface area contributed by atoms with Crippen LogP contribution in [0.2, 0.25) is 5.02 Å². The van der Waals surface area contributed by atoms with E-state index in [9.17, 15) is 9.59 Å². The van der Waals surface area contributed by atoms with E-state index >= 15 is 0 Å². The zero-order valence-electron chi connectivity index (χ0n) is 13.8. The molecule has 2 amide bonds. The van der Waals surface area contributed by atoms with Gasteiger partial charge in [0.1, 0.15) is 5.54 Å². The molecule has 7 heteroatoms. The lowest BCUT2D eigenvalue weighted by Crippen LogP contribution is -2.48. The fraction of sp³-hybridized carbons (Fsp3) is 0.438. The van der Waals surface area contributed by atoms with Gasteiger partial charge in [-0.05, 0) is 45.2 Å². The van der Waals surface area contributed by atoms with Crippen LogP contribution in [-0.4, -0.2) is 54.3 Å². The number of amides is 2. The lowest BCUT2D eigenvalue weighted by atomic mass is 10.1. The molecule has 124 valence electrons. The third kappa shape index (κ3) is 5.89. The number of nitriles is 1. The highest BCUT2D eigenvalue weighted by Gasteiger charge is 2.27. The average molecular weight is 337 g/mol. The molecule has 0 aliphatic carbocycles. The Balaban J connectivity index is 2.51. The monoisotopic (exact) mass is 336 g/mol. The molecule has 0 aromatic heterocycles. The molecule has 0 atom stereocenters. The topological polar surface area (TPSA) is 76.4 Å². The maximum atomic E-state index is 12.1. The van der Waals surface area contributed by atoms with Gasteiger partial charge in [-0.3, -0.25) is 14.5 Å². The molecule has 0 bridgehead atoms. The molecule has 0 aliphatic heterocycles. The van der Waals surface area contributed by atoms with E-state index in [-0.39, 0.29) is 24.9 Å². The molecule has 0 fully saturated rings. The first-order chi connectivity index (χ1) is 10.7. The number of nitrogens with one attached hydrogen (secondary N) is 1. The number of benzene rings is 1. The number of nitrogens with zero attached hydrogens (tertiary/aromatic N) is 3. The van der Waals surface area contributed by atoms with Gasteiger partial charge in [0.25, 0.3) is 0 Å². The van der Waals surface area contributed by atoms with E-state index in [2.05, 4.69) is 11.4 Å². The van der Waals surface area contributed by atoms with Crippen LogP contribution >= 0.6 is 11.6 Å². The van der Waals surface area contributed by atoms with Crippen LogP contribution in [0.3, 0.4) is 0 Å². The molecule has 0 heterocycles. The van der Waals surface area contributed by atoms with Crippen molar-refractivity contribution in [2.24, 2.45) is 0 Å². The normalized spacial score (nSPS) is 11.0. The minimum absolute atomic E-state index is 0.0512. The van der Waals surface area contributed by atoms with Crippen molar-refractivity contribution >= 4 is 29.1 Å². The predicted molar refractivity (Wildman–Crippen MR) is 90.0 cm³/mol. The van der Waals surface area contributed by atoms with Gasteiger partial charge >= 0.3 is 0 Å². The van der Waals surface area contributed by atoms with E-state index < -0.39 is 5.54 Å². The Labute approximate surface area is 141 Å². The quantitative estimate of drug-likeness (QED) is 0.861. The van der Waals surface area contributed by atoms with Crippen LogP contribution < -0.4 is 5.32 Å². The van der Waals surface area contributed by atoms with Gasteiger partial charge in [0.15, 0.2) is 0 Å². The number of carbonyl (C=O) groups excluding carboxylic acids is 2. The molecule has 6 nitrogen and oxygen atoms in total. The van der Waals surface area contributed by atoms with E-state index in [1.54, 1.807) is 57.1 Å². The summed E-state index contributed by atoms with van der Waals surface area (Å²) in [4.78, 5) is 27.0. The van der Waals surface area contributed by atoms with Gasteiger partial charge in [-0.15, -0.1) is 0 Å². The van der Waals surface area contributed by atoms with Gasteiger partial charge < -0.3 is 10.2 Å². The van der Waals surface area contributed by atoms with E-state index in [4.69, 9.17) is 16.9 Å². The van der Waals surface area contributed by atoms with Crippen LogP contribution in [0.25, 0.3) is 0 Å². The van der Waals surface area contributed by atoms with Crippen molar-refractivity contribution in [2.45, 2.75) is 19.4 Å². The number of halogens is 1. The van der Waals surface area contributed by atoms with Crippen molar-refractivity contribution in [1.82, 2.24) is 9.80 Å². The summed E-state index contributed by atoms with van der Waals surface area (Å²) in [6, 6.07) is 8.84. The van der Waals surface area contributed by atoms with Crippen molar-refractivity contribution in [3.05, 3.63) is 29.3 Å². The molecule has 1 rings (SSSR count). The molecule has 1 aromatic carbocycles. The number of hydrogen-bond donors (Lipinski definition) is 1. The second kappa shape index (κ2) is 7.95. The average Bonchev–Trinajstić information content (AvgIpc) is 2.48. The molecular formula is C16H21ClN4O2. The predicted octanol–water partition coefficient (Wildman–Crippen LogP) is 1.97. The fourth-order valence-electron chi connectivity index (χ4n) is 1.76. The summed E-state index contributed by atoms with van der Waals surface area (Å²) < 4.78 is 0. The largest absolute Gasteiger partial charge is 0.326 e. The summed E-state index contributed by atoms with van der Waals surface area (Å²) >= 11 is 5.78. The number of rotatable bonds is 6. The maximum absolute atomic E-state index is 12.1. The lowest BCUT2D eigenvalue weighted by molar-refractivity contribution is -0.134. The molecule has 23 heavy (non-hydrogen) atoms. The Morgan fingerprint density at radius 3 is 2.30 bits per heavy atom. The lowest BCUT2D eigenvalue weighted by Gasteiger charge is -2.30. The second-order valence-corrected chi connectivity index (χ2v) is 6.29. The number of likely N-dealkylation sites (N-methyl/N-ethyl adjacent to an activating group) is 2. The molecular weight excluding hydrogens is 316 g/mol. The highest BCUT2D eigenvalue weighted by molar-refractivity contribution is 6.30. The molecule has 0 aliphatic rings. The van der Waals surface area contributed by atoms with Gasteiger partial charge in [-0.25, -0.2) is 0 Å². The summed E-state index contributed by atoms with van der Waals surface area (Å²) in [5.41, 5.74) is -0.245. The number of hydrogen-bond acceptors (Lipinski definition) is 4. The molecule has 1 N–H and O–H groups in total. The minimum Gasteiger partial charge on any atom is -0.326 e. The molecule has 0 unspecified atom stereocenters. The van der Waals surface area contributed by atoms with Crippen molar-refractivity contribution in [1.29, 1.82) is 5.26 Å². The minimum atomic E-state index is -0.885. The number of anilines is 1.